The number of fused-ring (bicyclic) bond motifs is 1. The highest BCUT2D eigenvalue weighted by Crippen LogP contribution is 2.50. The summed E-state index contributed by atoms with van der Waals surface area (Å²) in [5.74, 6) is -1.12. The van der Waals surface area contributed by atoms with Crippen LogP contribution in [0.5, 0.6) is 0 Å². The van der Waals surface area contributed by atoms with Crippen LogP contribution in [0.2, 0.25) is 0 Å². The minimum atomic E-state index is -3.88. The Morgan fingerprint density at radius 3 is 2.71 bits per heavy atom. The van der Waals surface area contributed by atoms with Gasteiger partial charge in [0, 0.05) is 25.2 Å². The number of nitro groups is 1. The van der Waals surface area contributed by atoms with Crippen LogP contribution in [0.25, 0.3) is 0 Å². The van der Waals surface area contributed by atoms with Crippen LogP contribution >= 0.6 is 0 Å². The lowest BCUT2D eigenvalue weighted by Crippen LogP contribution is -2.37. The molecule has 1 aromatic rings. The SMILES string of the molecule is Cc1cc([N+](=O)[O-])ccc1S(=O)(=O)N1C[C@@H]2CCC[C@@]2(C(=O)O)C1. The summed E-state index contributed by atoms with van der Waals surface area (Å²) in [5.41, 5.74) is -0.890. The van der Waals surface area contributed by atoms with Crippen molar-refractivity contribution in [3.63, 3.8) is 0 Å². The van der Waals surface area contributed by atoms with E-state index in [9.17, 15) is 28.4 Å². The Morgan fingerprint density at radius 1 is 1.46 bits per heavy atom. The molecule has 8 nitrogen and oxygen atoms in total. The van der Waals surface area contributed by atoms with E-state index in [0.717, 1.165) is 12.5 Å². The van der Waals surface area contributed by atoms with Crippen molar-refractivity contribution in [2.75, 3.05) is 13.1 Å². The molecule has 0 aromatic heterocycles. The van der Waals surface area contributed by atoms with Gasteiger partial charge in [-0.05, 0) is 37.3 Å². The topological polar surface area (TPSA) is 118 Å². The van der Waals surface area contributed by atoms with Crippen LogP contribution in [0.3, 0.4) is 0 Å². The van der Waals surface area contributed by atoms with E-state index in [-0.39, 0.29) is 35.2 Å². The van der Waals surface area contributed by atoms with Gasteiger partial charge in [-0.15, -0.1) is 0 Å². The number of hydrogen-bond donors (Lipinski definition) is 1. The van der Waals surface area contributed by atoms with Gasteiger partial charge >= 0.3 is 5.97 Å². The predicted molar refractivity (Wildman–Crippen MR) is 84.0 cm³/mol. The van der Waals surface area contributed by atoms with Crippen LogP contribution in [0.4, 0.5) is 5.69 Å². The fourth-order valence-electron chi connectivity index (χ4n) is 3.95. The van der Waals surface area contributed by atoms with Gasteiger partial charge in [-0.1, -0.05) is 6.42 Å². The lowest BCUT2D eigenvalue weighted by Gasteiger charge is -2.23. The number of carboxylic acid groups (broad SMARTS) is 1. The molecule has 1 aromatic carbocycles. The van der Waals surface area contributed by atoms with E-state index in [1.165, 1.54) is 23.4 Å². The number of carboxylic acids is 1. The maximum absolute atomic E-state index is 12.9. The Bertz CT molecular complexity index is 821. The molecule has 0 bridgehead atoms. The Labute approximate surface area is 139 Å². The fraction of sp³-hybridized carbons (Fsp3) is 0.533. The summed E-state index contributed by atoms with van der Waals surface area (Å²) in [5, 5.41) is 20.4. The number of aliphatic carboxylic acids is 1. The first kappa shape index (κ1) is 16.8. The van der Waals surface area contributed by atoms with Crippen molar-refractivity contribution in [1.82, 2.24) is 4.31 Å². The zero-order valence-electron chi connectivity index (χ0n) is 13.1. The molecule has 1 saturated heterocycles. The van der Waals surface area contributed by atoms with Gasteiger partial charge in [0.2, 0.25) is 10.0 Å². The Balaban J connectivity index is 1.95. The van der Waals surface area contributed by atoms with Crippen LogP contribution in [-0.4, -0.2) is 41.8 Å². The molecular weight excluding hydrogens is 336 g/mol. The molecule has 2 atom stereocenters. The number of non-ortho nitro benzene ring substituents is 1. The second-order valence-electron chi connectivity index (χ2n) is 6.55. The summed E-state index contributed by atoms with van der Waals surface area (Å²) in [6.45, 7) is 1.65. The number of rotatable bonds is 4. The zero-order chi connectivity index (χ0) is 17.7. The summed E-state index contributed by atoms with van der Waals surface area (Å²) in [4.78, 5) is 21.9. The van der Waals surface area contributed by atoms with E-state index < -0.39 is 26.3 Å². The van der Waals surface area contributed by atoms with E-state index in [4.69, 9.17) is 0 Å². The van der Waals surface area contributed by atoms with Gasteiger partial charge in [0.05, 0.1) is 15.2 Å². The van der Waals surface area contributed by atoms with Crippen LogP contribution in [0.15, 0.2) is 23.1 Å². The average molecular weight is 354 g/mol. The van der Waals surface area contributed by atoms with Crippen LogP contribution in [0.1, 0.15) is 24.8 Å². The van der Waals surface area contributed by atoms with Gasteiger partial charge in [-0.25, -0.2) is 8.42 Å². The summed E-state index contributed by atoms with van der Waals surface area (Å²) >= 11 is 0. The normalized spacial score (nSPS) is 27.1. The van der Waals surface area contributed by atoms with Gasteiger partial charge in [0.1, 0.15) is 0 Å². The maximum atomic E-state index is 12.9. The molecule has 130 valence electrons. The zero-order valence-corrected chi connectivity index (χ0v) is 14.0. The third-order valence-corrected chi connectivity index (χ3v) is 7.22. The molecular formula is C15H18N2O6S. The second kappa shape index (κ2) is 5.52. The van der Waals surface area contributed by atoms with Crippen LogP contribution < -0.4 is 0 Å². The Morgan fingerprint density at radius 2 is 2.17 bits per heavy atom. The minimum absolute atomic E-state index is 0.00591. The molecule has 9 heteroatoms. The van der Waals surface area contributed by atoms with Crippen molar-refractivity contribution < 1.29 is 23.2 Å². The number of aryl methyl sites for hydroxylation is 1. The monoisotopic (exact) mass is 354 g/mol. The van der Waals surface area contributed by atoms with E-state index in [2.05, 4.69) is 0 Å². The highest BCUT2D eigenvalue weighted by Gasteiger charge is 2.57. The van der Waals surface area contributed by atoms with Crippen molar-refractivity contribution in [2.45, 2.75) is 31.1 Å². The molecule has 0 spiro atoms. The number of carbonyl (C=O) groups is 1. The first-order valence-corrected chi connectivity index (χ1v) is 9.11. The first-order valence-electron chi connectivity index (χ1n) is 7.67. The van der Waals surface area contributed by atoms with E-state index >= 15 is 0 Å². The molecule has 0 amide bonds. The predicted octanol–water partition coefficient (Wildman–Crippen LogP) is 1.78. The lowest BCUT2D eigenvalue weighted by molar-refractivity contribution is -0.385. The molecule has 2 fully saturated rings. The number of nitro benzene ring substituents is 1. The molecule has 2 aliphatic rings. The van der Waals surface area contributed by atoms with E-state index in [1.807, 2.05) is 0 Å². The molecule has 24 heavy (non-hydrogen) atoms. The van der Waals surface area contributed by atoms with Gasteiger partial charge in [0.15, 0.2) is 0 Å². The molecule has 1 saturated carbocycles. The van der Waals surface area contributed by atoms with E-state index in [0.29, 0.717) is 12.8 Å². The molecule has 1 N–H and O–H groups in total. The second-order valence-corrected chi connectivity index (χ2v) is 8.46. The fourth-order valence-corrected chi connectivity index (χ4v) is 5.71. The summed E-state index contributed by atoms with van der Waals surface area (Å²) in [6, 6.07) is 3.60. The molecule has 1 aliphatic heterocycles. The highest BCUT2D eigenvalue weighted by molar-refractivity contribution is 7.89. The van der Waals surface area contributed by atoms with Crippen LogP contribution in [-0.2, 0) is 14.8 Å². The number of nitrogens with zero attached hydrogens (tertiary/aromatic N) is 2. The first-order chi connectivity index (χ1) is 11.2. The largest absolute Gasteiger partial charge is 0.481 e. The average Bonchev–Trinajstić information content (AvgIpc) is 3.04. The summed E-state index contributed by atoms with van der Waals surface area (Å²) in [6.07, 6.45) is 1.98. The van der Waals surface area contributed by atoms with Gasteiger partial charge < -0.3 is 5.11 Å². The van der Waals surface area contributed by atoms with Crippen molar-refractivity contribution in [3.05, 3.63) is 33.9 Å². The third kappa shape index (κ3) is 2.39. The van der Waals surface area contributed by atoms with Crippen molar-refractivity contribution in [2.24, 2.45) is 11.3 Å². The van der Waals surface area contributed by atoms with Crippen LogP contribution in [0, 0.1) is 28.4 Å². The van der Waals surface area contributed by atoms with Crippen molar-refractivity contribution in [1.29, 1.82) is 0 Å². The molecule has 1 heterocycles. The van der Waals surface area contributed by atoms with Crippen molar-refractivity contribution >= 4 is 21.7 Å². The third-order valence-electron chi connectivity index (χ3n) is 5.25. The quantitative estimate of drug-likeness (QED) is 0.650. The maximum Gasteiger partial charge on any atom is 0.311 e. The Hall–Kier alpha value is -2.00. The van der Waals surface area contributed by atoms with E-state index in [1.54, 1.807) is 0 Å². The van der Waals surface area contributed by atoms with Gasteiger partial charge in [-0.2, -0.15) is 4.31 Å². The smallest absolute Gasteiger partial charge is 0.311 e. The lowest BCUT2D eigenvalue weighted by atomic mass is 9.81. The number of hydrogen-bond acceptors (Lipinski definition) is 5. The molecule has 3 rings (SSSR count). The van der Waals surface area contributed by atoms with Gasteiger partial charge in [0.25, 0.3) is 5.69 Å². The molecule has 0 unspecified atom stereocenters. The summed E-state index contributed by atoms with van der Waals surface area (Å²) in [7, 11) is -3.88. The summed E-state index contributed by atoms with van der Waals surface area (Å²) < 4.78 is 27.0. The molecule has 0 radical (unpaired) electrons. The number of benzene rings is 1. The standard InChI is InChI=1S/C15H18N2O6S/c1-10-7-12(17(20)21)4-5-13(10)24(22,23)16-8-11-3-2-6-15(11,9-16)14(18)19/h4-5,7,11H,2-3,6,8-9H2,1H3,(H,18,19)/t11-,15+/m0/s1. The van der Waals surface area contributed by atoms with Gasteiger partial charge in [-0.3, -0.25) is 14.9 Å². The molecule has 1 aliphatic carbocycles. The Kier molecular flexibility index (Phi) is 3.88. The van der Waals surface area contributed by atoms with Crippen molar-refractivity contribution in [3.8, 4) is 0 Å². The minimum Gasteiger partial charge on any atom is -0.481 e. The number of sulfonamides is 1. The highest BCUT2D eigenvalue weighted by atomic mass is 32.2.